The second-order valence-corrected chi connectivity index (χ2v) is 12.3. The Hall–Kier alpha value is -3.29. The van der Waals surface area contributed by atoms with E-state index in [9.17, 15) is 31.2 Å². The van der Waals surface area contributed by atoms with Crippen molar-refractivity contribution in [3.05, 3.63) is 35.2 Å². The lowest BCUT2D eigenvalue weighted by molar-refractivity contribution is -0.153. The molecule has 3 aliphatic rings. The SMILES string of the molecule is CS(=O)(=O)CC(=O)Nc1c(CCC2CC2)nn2c1C(=O)N[C@]1(CCOc3cc(OCC(F)(F)F)ccc31)C2. The van der Waals surface area contributed by atoms with Gasteiger partial charge in [-0.15, -0.1) is 0 Å². The Morgan fingerprint density at radius 3 is 2.79 bits per heavy atom. The number of hydrogen-bond acceptors (Lipinski definition) is 7. The van der Waals surface area contributed by atoms with Crippen LogP contribution in [0.2, 0.25) is 0 Å². The number of sulfone groups is 1. The van der Waals surface area contributed by atoms with Gasteiger partial charge in [-0.3, -0.25) is 14.3 Å². The Kier molecular flexibility index (Phi) is 6.56. The molecule has 2 N–H and O–H groups in total. The zero-order valence-corrected chi connectivity index (χ0v) is 21.4. The van der Waals surface area contributed by atoms with Gasteiger partial charge in [-0.05, 0) is 30.9 Å². The highest BCUT2D eigenvalue weighted by atomic mass is 32.2. The van der Waals surface area contributed by atoms with E-state index in [1.54, 1.807) is 6.07 Å². The number of hydrogen-bond donors (Lipinski definition) is 2. The zero-order chi connectivity index (χ0) is 27.3. The number of nitrogens with one attached hydrogen (secondary N) is 2. The number of ether oxygens (including phenoxy) is 2. The number of fused-ring (bicyclic) bond motifs is 3. The zero-order valence-electron chi connectivity index (χ0n) is 20.6. The molecule has 1 atom stereocenters. The summed E-state index contributed by atoms with van der Waals surface area (Å²) in [7, 11) is -3.59. The number of carbonyl (C=O) groups excluding carboxylic acids is 2. The molecule has 2 aromatic rings. The van der Waals surface area contributed by atoms with Crippen LogP contribution in [0.3, 0.4) is 0 Å². The summed E-state index contributed by atoms with van der Waals surface area (Å²) in [6.07, 6.45) is 0.399. The number of amides is 2. The van der Waals surface area contributed by atoms with Crippen molar-refractivity contribution < 1.29 is 40.7 Å². The third-order valence-electron chi connectivity index (χ3n) is 6.81. The predicted octanol–water partition coefficient (Wildman–Crippen LogP) is 2.57. The summed E-state index contributed by atoms with van der Waals surface area (Å²) in [4.78, 5) is 25.9. The van der Waals surface area contributed by atoms with Crippen LogP contribution in [0.15, 0.2) is 18.2 Å². The van der Waals surface area contributed by atoms with Crippen LogP contribution >= 0.6 is 0 Å². The van der Waals surface area contributed by atoms with E-state index in [0.717, 1.165) is 25.5 Å². The lowest BCUT2D eigenvalue weighted by Crippen LogP contribution is -2.55. The summed E-state index contributed by atoms with van der Waals surface area (Å²) >= 11 is 0. The molecule has 206 valence electrons. The van der Waals surface area contributed by atoms with Gasteiger partial charge in [0.25, 0.3) is 5.91 Å². The first kappa shape index (κ1) is 26.3. The monoisotopic (exact) mass is 556 g/mol. The first-order valence-corrected chi connectivity index (χ1v) is 14.2. The number of aryl methyl sites for hydroxylation is 1. The first-order valence-electron chi connectivity index (χ1n) is 12.2. The topological polar surface area (TPSA) is 129 Å². The van der Waals surface area contributed by atoms with Gasteiger partial charge >= 0.3 is 6.18 Å². The summed E-state index contributed by atoms with van der Waals surface area (Å²) in [5.74, 6) is -1.16. The molecule has 1 fully saturated rings. The summed E-state index contributed by atoms with van der Waals surface area (Å²) in [5, 5.41) is 10.2. The van der Waals surface area contributed by atoms with Crippen LogP contribution in [0.1, 0.15) is 47.4 Å². The van der Waals surface area contributed by atoms with E-state index in [-0.39, 0.29) is 30.3 Å². The fraction of sp³-hybridized carbons (Fsp3) is 0.542. The molecule has 0 radical (unpaired) electrons. The van der Waals surface area contributed by atoms with Crippen molar-refractivity contribution in [1.29, 1.82) is 0 Å². The maximum absolute atomic E-state index is 13.5. The fourth-order valence-electron chi connectivity index (χ4n) is 4.93. The molecule has 0 bridgehead atoms. The van der Waals surface area contributed by atoms with E-state index >= 15 is 0 Å². The minimum absolute atomic E-state index is 0.0155. The number of carbonyl (C=O) groups is 2. The van der Waals surface area contributed by atoms with E-state index in [2.05, 4.69) is 15.7 Å². The molecule has 3 heterocycles. The van der Waals surface area contributed by atoms with Gasteiger partial charge in [0.2, 0.25) is 5.91 Å². The van der Waals surface area contributed by atoms with Crippen LogP contribution in [0.4, 0.5) is 18.9 Å². The van der Waals surface area contributed by atoms with Crippen LogP contribution in [0.5, 0.6) is 11.5 Å². The standard InChI is InChI=1S/C24H27F3N4O6S/c1-38(34,35)11-19(32)28-20-17(7-4-14-2-3-14)30-31-12-23(29-22(33)21(20)31)8-9-36-18-10-15(5-6-16(18)23)37-13-24(25,26)27/h5-6,10,14H,2-4,7-9,11-13H2,1H3,(H,28,32)(H,29,33)/t23-/m1/s1. The number of aromatic nitrogens is 2. The van der Waals surface area contributed by atoms with Crippen molar-refractivity contribution >= 4 is 27.3 Å². The smallest absolute Gasteiger partial charge is 0.422 e. The summed E-state index contributed by atoms with van der Waals surface area (Å²) in [6, 6.07) is 4.33. The first-order chi connectivity index (χ1) is 17.8. The quantitative estimate of drug-likeness (QED) is 0.512. The predicted molar refractivity (Wildman–Crippen MR) is 129 cm³/mol. The normalized spacial score (nSPS) is 20.8. The van der Waals surface area contributed by atoms with E-state index in [1.165, 1.54) is 16.8 Å². The maximum atomic E-state index is 13.5. The van der Waals surface area contributed by atoms with Gasteiger partial charge in [-0.1, -0.05) is 12.8 Å². The lowest BCUT2D eigenvalue weighted by atomic mass is 9.83. The number of halogens is 3. The molecule has 1 aromatic heterocycles. The Morgan fingerprint density at radius 2 is 2.11 bits per heavy atom. The molecule has 0 saturated heterocycles. The number of rotatable bonds is 8. The van der Waals surface area contributed by atoms with E-state index in [1.807, 2.05) is 0 Å². The van der Waals surface area contributed by atoms with E-state index in [0.29, 0.717) is 35.8 Å². The highest BCUT2D eigenvalue weighted by Crippen LogP contribution is 2.43. The third kappa shape index (κ3) is 5.74. The van der Waals surface area contributed by atoms with Gasteiger partial charge in [0.1, 0.15) is 22.9 Å². The molecular weight excluding hydrogens is 529 g/mol. The highest BCUT2D eigenvalue weighted by molar-refractivity contribution is 7.91. The van der Waals surface area contributed by atoms with Crippen molar-refractivity contribution in [1.82, 2.24) is 15.1 Å². The average Bonchev–Trinajstić information content (AvgIpc) is 3.56. The lowest BCUT2D eigenvalue weighted by Gasteiger charge is -2.42. The van der Waals surface area contributed by atoms with Crippen LogP contribution < -0.4 is 20.1 Å². The molecule has 10 nitrogen and oxygen atoms in total. The molecule has 0 unspecified atom stereocenters. The minimum atomic E-state index is -4.49. The molecule has 2 amide bonds. The summed E-state index contributed by atoms with van der Waals surface area (Å²) in [5.41, 5.74) is 0.453. The highest BCUT2D eigenvalue weighted by Gasteiger charge is 2.46. The van der Waals surface area contributed by atoms with Crippen LogP contribution in [-0.4, -0.2) is 61.4 Å². The van der Waals surface area contributed by atoms with E-state index in [4.69, 9.17) is 9.47 Å². The van der Waals surface area contributed by atoms with Crippen molar-refractivity contribution in [3.63, 3.8) is 0 Å². The van der Waals surface area contributed by atoms with Crippen molar-refractivity contribution in [2.24, 2.45) is 5.92 Å². The van der Waals surface area contributed by atoms with Crippen molar-refractivity contribution in [2.45, 2.75) is 50.4 Å². The number of benzene rings is 1. The molecule has 1 saturated carbocycles. The molecular formula is C24H27F3N4O6S. The van der Waals surface area contributed by atoms with Crippen LogP contribution in [0, 0.1) is 5.92 Å². The Morgan fingerprint density at radius 1 is 1.34 bits per heavy atom. The second-order valence-electron chi connectivity index (χ2n) is 10.1. The molecule has 1 aliphatic carbocycles. The largest absolute Gasteiger partial charge is 0.493 e. The van der Waals surface area contributed by atoms with Gasteiger partial charge in [0, 0.05) is 24.3 Å². The molecule has 2 aliphatic heterocycles. The van der Waals surface area contributed by atoms with Gasteiger partial charge in [-0.25, -0.2) is 8.42 Å². The van der Waals surface area contributed by atoms with Crippen LogP contribution in [-0.2, 0) is 33.1 Å². The van der Waals surface area contributed by atoms with Crippen molar-refractivity contribution in [3.8, 4) is 11.5 Å². The van der Waals surface area contributed by atoms with Crippen molar-refractivity contribution in [2.75, 3.05) is 30.5 Å². The summed E-state index contributed by atoms with van der Waals surface area (Å²) in [6.45, 7) is -1.06. The third-order valence-corrected chi connectivity index (χ3v) is 7.60. The minimum Gasteiger partial charge on any atom is -0.493 e. The van der Waals surface area contributed by atoms with E-state index < -0.39 is 45.7 Å². The number of anilines is 1. The molecule has 1 spiro atoms. The molecule has 5 rings (SSSR count). The Balaban J connectivity index is 1.46. The molecule has 14 heteroatoms. The maximum Gasteiger partial charge on any atom is 0.422 e. The average molecular weight is 557 g/mol. The van der Waals surface area contributed by atoms with Gasteiger partial charge in [0.15, 0.2) is 16.4 Å². The Bertz CT molecular complexity index is 1390. The van der Waals surface area contributed by atoms with Gasteiger partial charge in [-0.2, -0.15) is 18.3 Å². The van der Waals surface area contributed by atoms with Gasteiger partial charge in [0.05, 0.1) is 30.1 Å². The Labute approximate surface area is 216 Å². The summed E-state index contributed by atoms with van der Waals surface area (Å²) < 4.78 is 73.0. The fourth-order valence-corrected chi connectivity index (χ4v) is 5.48. The van der Waals surface area contributed by atoms with Gasteiger partial charge < -0.3 is 20.1 Å². The number of alkyl halides is 3. The second kappa shape index (κ2) is 9.47. The molecule has 1 aromatic carbocycles. The molecule has 38 heavy (non-hydrogen) atoms. The number of nitrogens with zero attached hydrogens (tertiary/aromatic N) is 2. The van der Waals surface area contributed by atoms with Crippen LogP contribution in [0.25, 0.3) is 0 Å².